The quantitative estimate of drug-likeness (QED) is 0.470. The molecule has 1 atom stereocenters. The van der Waals surface area contributed by atoms with Gasteiger partial charge in [-0.2, -0.15) is 0 Å². The lowest BCUT2D eigenvalue weighted by atomic mass is 10.4. The van der Waals surface area contributed by atoms with E-state index in [1.54, 1.807) is 0 Å². The Morgan fingerprint density at radius 1 is 1.36 bits per heavy atom. The third-order valence-corrected chi connectivity index (χ3v) is 4.45. The number of hydrogen-bond donors (Lipinski definition) is 0. The minimum absolute atomic E-state index is 0.679. The van der Waals surface area contributed by atoms with E-state index in [4.69, 9.17) is 0 Å². The van der Waals surface area contributed by atoms with Gasteiger partial charge in [0.05, 0.1) is 8.80 Å². The first-order valence-corrected chi connectivity index (χ1v) is 6.55. The van der Waals surface area contributed by atoms with E-state index in [1.807, 2.05) is 6.08 Å². The minimum Gasteiger partial charge on any atom is -0.103 e. The molecule has 1 unspecified atom stereocenters. The standard InChI is InChI=1S/C10H14Si/c1-3-9-11(2)10-7-5-4-6-8-10/h3-8,11H,1,9H2,2H3. The molecule has 0 aliphatic heterocycles. The molecule has 0 amide bonds. The van der Waals surface area contributed by atoms with Crippen molar-refractivity contribution in [1.82, 2.24) is 0 Å². The third kappa shape index (κ3) is 2.35. The molecule has 11 heavy (non-hydrogen) atoms. The molecule has 0 radical (unpaired) electrons. The number of allylic oxidation sites excluding steroid dienone is 1. The van der Waals surface area contributed by atoms with Gasteiger partial charge in [-0.3, -0.25) is 0 Å². The maximum atomic E-state index is 3.76. The van der Waals surface area contributed by atoms with E-state index in [2.05, 4.69) is 43.5 Å². The molecule has 1 aromatic carbocycles. The van der Waals surface area contributed by atoms with Gasteiger partial charge in [0.2, 0.25) is 0 Å². The number of benzene rings is 1. The summed E-state index contributed by atoms with van der Waals surface area (Å²) in [7, 11) is -0.679. The van der Waals surface area contributed by atoms with Crippen LogP contribution in [0, 0.1) is 0 Å². The van der Waals surface area contributed by atoms with Crippen molar-refractivity contribution in [3.63, 3.8) is 0 Å². The molecule has 1 aromatic rings. The Hall–Kier alpha value is -0.823. The molecular formula is C10H14Si. The van der Waals surface area contributed by atoms with E-state index in [0.29, 0.717) is 0 Å². The van der Waals surface area contributed by atoms with Gasteiger partial charge >= 0.3 is 0 Å². The highest BCUT2D eigenvalue weighted by molar-refractivity contribution is 6.72. The molecule has 0 aliphatic rings. The van der Waals surface area contributed by atoms with Crippen molar-refractivity contribution < 1.29 is 0 Å². The molecule has 0 saturated heterocycles. The molecule has 58 valence electrons. The SMILES string of the molecule is C=CC[SiH](C)c1ccccc1. The van der Waals surface area contributed by atoms with Crippen molar-refractivity contribution in [2.24, 2.45) is 0 Å². The van der Waals surface area contributed by atoms with Crippen molar-refractivity contribution >= 4 is 14.0 Å². The van der Waals surface area contributed by atoms with Gasteiger partial charge in [-0.15, -0.1) is 6.58 Å². The Morgan fingerprint density at radius 2 is 2.00 bits per heavy atom. The first-order valence-electron chi connectivity index (χ1n) is 4.00. The molecule has 0 bridgehead atoms. The minimum atomic E-state index is -0.679. The van der Waals surface area contributed by atoms with Crippen LogP contribution in [0.3, 0.4) is 0 Å². The second-order valence-corrected chi connectivity index (χ2v) is 5.78. The molecule has 1 heteroatoms. The summed E-state index contributed by atoms with van der Waals surface area (Å²) in [5, 5.41) is 1.53. The van der Waals surface area contributed by atoms with E-state index in [0.717, 1.165) is 0 Å². The monoisotopic (exact) mass is 162 g/mol. The lowest BCUT2D eigenvalue weighted by molar-refractivity contribution is 1.63. The molecule has 0 spiro atoms. The summed E-state index contributed by atoms with van der Waals surface area (Å²) in [6, 6.07) is 11.9. The molecule has 0 aromatic heterocycles. The summed E-state index contributed by atoms with van der Waals surface area (Å²) < 4.78 is 0. The summed E-state index contributed by atoms with van der Waals surface area (Å²) in [4.78, 5) is 0. The molecule has 0 aliphatic carbocycles. The first kappa shape index (κ1) is 8.28. The van der Waals surface area contributed by atoms with Gasteiger partial charge in [-0.1, -0.05) is 48.1 Å². The van der Waals surface area contributed by atoms with Crippen LogP contribution in [0.2, 0.25) is 12.6 Å². The van der Waals surface area contributed by atoms with E-state index >= 15 is 0 Å². The van der Waals surface area contributed by atoms with Gasteiger partial charge in [0.25, 0.3) is 0 Å². The molecule has 1 rings (SSSR count). The third-order valence-electron chi connectivity index (χ3n) is 1.89. The maximum Gasteiger partial charge on any atom is 0.0714 e. The fourth-order valence-electron chi connectivity index (χ4n) is 1.17. The van der Waals surface area contributed by atoms with Crippen LogP contribution in [0.4, 0.5) is 0 Å². The van der Waals surface area contributed by atoms with Gasteiger partial charge in [0.15, 0.2) is 0 Å². The van der Waals surface area contributed by atoms with Gasteiger partial charge < -0.3 is 0 Å². The molecule has 0 saturated carbocycles. The largest absolute Gasteiger partial charge is 0.103 e. The Balaban J connectivity index is 2.68. The van der Waals surface area contributed by atoms with Crippen LogP contribution in [0.15, 0.2) is 43.0 Å². The lowest BCUT2D eigenvalue weighted by Gasteiger charge is -2.05. The molecule has 0 nitrogen and oxygen atoms in total. The van der Waals surface area contributed by atoms with E-state index in [9.17, 15) is 0 Å². The molecule has 0 heterocycles. The van der Waals surface area contributed by atoms with Crippen LogP contribution in [0.25, 0.3) is 0 Å². The second-order valence-electron chi connectivity index (χ2n) is 2.84. The van der Waals surface area contributed by atoms with Crippen molar-refractivity contribution in [2.75, 3.05) is 0 Å². The van der Waals surface area contributed by atoms with Crippen LogP contribution in [-0.4, -0.2) is 8.80 Å². The first-order chi connectivity index (χ1) is 5.34. The Morgan fingerprint density at radius 3 is 2.55 bits per heavy atom. The molecule has 0 fully saturated rings. The highest BCUT2D eigenvalue weighted by Gasteiger charge is 2.02. The van der Waals surface area contributed by atoms with Crippen LogP contribution >= 0.6 is 0 Å². The van der Waals surface area contributed by atoms with Crippen molar-refractivity contribution in [2.45, 2.75) is 12.6 Å². The highest BCUT2D eigenvalue weighted by atomic mass is 28.3. The molecular weight excluding hydrogens is 148 g/mol. The zero-order valence-corrected chi connectivity index (χ0v) is 8.11. The average molecular weight is 162 g/mol. The van der Waals surface area contributed by atoms with Gasteiger partial charge in [-0.05, 0) is 6.04 Å². The Labute approximate surface area is 70.2 Å². The van der Waals surface area contributed by atoms with Crippen molar-refractivity contribution in [1.29, 1.82) is 0 Å². The normalized spacial score (nSPS) is 12.5. The van der Waals surface area contributed by atoms with Crippen LogP contribution in [0.1, 0.15) is 0 Å². The predicted octanol–water partition coefficient (Wildman–Crippen LogP) is 1.94. The van der Waals surface area contributed by atoms with E-state index < -0.39 is 8.80 Å². The van der Waals surface area contributed by atoms with Crippen LogP contribution in [-0.2, 0) is 0 Å². The molecule has 0 N–H and O–H groups in total. The average Bonchev–Trinajstić information content (AvgIpc) is 2.07. The summed E-state index contributed by atoms with van der Waals surface area (Å²) in [6.45, 7) is 6.12. The number of hydrogen-bond acceptors (Lipinski definition) is 0. The van der Waals surface area contributed by atoms with Crippen LogP contribution < -0.4 is 5.19 Å². The van der Waals surface area contributed by atoms with Gasteiger partial charge in [0, 0.05) is 0 Å². The summed E-state index contributed by atoms with van der Waals surface area (Å²) in [5.41, 5.74) is 0. The fraction of sp³-hybridized carbons (Fsp3) is 0.200. The Bertz CT molecular complexity index is 216. The van der Waals surface area contributed by atoms with Crippen LogP contribution in [0.5, 0.6) is 0 Å². The summed E-state index contributed by atoms with van der Waals surface area (Å²) >= 11 is 0. The number of rotatable bonds is 3. The topological polar surface area (TPSA) is 0 Å². The van der Waals surface area contributed by atoms with Gasteiger partial charge in [0.1, 0.15) is 0 Å². The summed E-state index contributed by atoms with van der Waals surface area (Å²) in [6.07, 6.45) is 2.03. The maximum absolute atomic E-state index is 3.76. The lowest BCUT2D eigenvalue weighted by Crippen LogP contribution is -2.24. The van der Waals surface area contributed by atoms with Crippen molar-refractivity contribution in [3.8, 4) is 0 Å². The highest BCUT2D eigenvalue weighted by Crippen LogP contribution is 1.94. The van der Waals surface area contributed by atoms with Crippen molar-refractivity contribution in [3.05, 3.63) is 43.0 Å². The smallest absolute Gasteiger partial charge is 0.0714 e. The zero-order valence-electron chi connectivity index (χ0n) is 6.96. The fourth-order valence-corrected chi connectivity index (χ4v) is 2.82. The summed E-state index contributed by atoms with van der Waals surface area (Å²) in [5.74, 6) is 0. The van der Waals surface area contributed by atoms with Gasteiger partial charge in [-0.25, -0.2) is 0 Å². The Kier molecular flexibility index (Phi) is 3.11. The second kappa shape index (κ2) is 4.14. The van der Waals surface area contributed by atoms with E-state index in [-0.39, 0.29) is 0 Å². The predicted molar refractivity (Wildman–Crippen MR) is 54.1 cm³/mol. The van der Waals surface area contributed by atoms with E-state index in [1.165, 1.54) is 11.2 Å². The zero-order chi connectivity index (χ0) is 8.10.